The lowest BCUT2D eigenvalue weighted by Crippen LogP contribution is -2.36. The fraction of sp³-hybridized carbons (Fsp3) is 0. The Morgan fingerprint density at radius 3 is 2.77 bits per heavy atom. The van der Waals surface area contributed by atoms with Gasteiger partial charge in [0.05, 0.1) is 23.3 Å². The second-order valence-electron chi connectivity index (χ2n) is 6.57. The number of H-pyrrole nitrogens is 1. The molecule has 6 N–H and O–H groups in total. The topological polar surface area (TPSA) is 137 Å². The van der Waals surface area contributed by atoms with Crippen molar-refractivity contribution in [3.63, 3.8) is 0 Å². The van der Waals surface area contributed by atoms with E-state index >= 15 is 0 Å². The average molecular weight is 439 g/mol. The van der Waals surface area contributed by atoms with Crippen LogP contribution >= 0.6 is 11.6 Å². The Balaban J connectivity index is 2.03. The van der Waals surface area contributed by atoms with Crippen LogP contribution in [0, 0.1) is 16.6 Å². The smallest absolute Gasteiger partial charge is 0.280 e. The number of aromatic amines is 1. The summed E-state index contributed by atoms with van der Waals surface area (Å²) in [5, 5.41) is 18.2. The standard InChI is InChI=1S/C21H16ClFN6O2/c22-17(26)7-11(9-24)19-20-28-15(8-12-3-2-6-31-12)21(30)29(20)10-16(27-19)13-4-1-5-14(25)18(13)23/h1-10,24,26-28H,25H2/b11-7+,15-8-,24-9?,26-17?. The highest BCUT2D eigenvalue weighted by molar-refractivity contribution is 6.67. The van der Waals surface area contributed by atoms with Crippen LogP contribution in [0.4, 0.5) is 10.1 Å². The first-order valence-corrected chi connectivity index (χ1v) is 9.36. The number of benzene rings is 1. The Kier molecular flexibility index (Phi) is 5.18. The fourth-order valence-corrected chi connectivity index (χ4v) is 3.29. The van der Waals surface area contributed by atoms with Gasteiger partial charge >= 0.3 is 0 Å². The van der Waals surface area contributed by atoms with Gasteiger partial charge in [0.1, 0.15) is 21.8 Å². The molecule has 156 valence electrons. The predicted molar refractivity (Wildman–Crippen MR) is 119 cm³/mol. The van der Waals surface area contributed by atoms with Crippen molar-refractivity contribution in [1.29, 1.82) is 10.8 Å². The molecule has 3 aromatic rings. The van der Waals surface area contributed by atoms with Crippen LogP contribution in [-0.2, 0) is 0 Å². The van der Waals surface area contributed by atoms with Crippen LogP contribution in [0.3, 0.4) is 0 Å². The molecule has 2 aromatic heterocycles. The third-order valence-electron chi connectivity index (χ3n) is 4.57. The molecule has 0 amide bonds. The highest BCUT2D eigenvalue weighted by Gasteiger charge is 2.21. The number of hydrogen-bond donors (Lipinski definition) is 5. The third kappa shape index (κ3) is 3.74. The molecule has 0 saturated heterocycles. The summed E-state index contributed by atoms with van der Waals surface area (Å²) < 4.78 is 21.3. The van der Waals surface area contributed by atoms with Gasteiger partial charge in [0, 0.05) is 29.6 Å². The Bertz CT molecular complexity index is 1440. The second-order valence-corrected chi connectivity index (χ2v) is 6.97. The number of rotatable bonds is 5. The van der Waals surface area contributed by atoms with Gasteiger partial charge in [0.2, 0.25) is 0 Å². The zero-order chi connectivity index (χ0) is 22.1. The van der Waals surface area contributed by atoms with E-state index in [4.69, 9.17) is 32.6 Å². The molecule has 0 aliphatic carbocycles. The maximum atomic E-state index is 14.7. The molecule has 0 atom stereocenters. The molecule has 10 heteroatoms. The molecule has 1 aromatic carbocycles. The number of nitrogen functional groups attached to an aromatic ring is 1. The van der Waals surface area contributed by atoms with Crippen molar-refractivity contribution >= 4 is 52.3 Å². The van der Waals surface area contributed by atoms with Crippen molar-refractivity contribution in [1.82, 2.24) is 14.9 Å². The van der Waals surface area contributed by atoms with Crippen molar-refractivity contribution in [3.05, 3.63) is 86.6 Å². The van der Waals surface area contributed by atoms with Crippen LogP contribution in [-0.4, -0.2) is 20.9 Å². The summed E-state index contributed by atoms with van der Waals surface area (Å²) in [5.41, 5.74) is 6.37. The Morgan fingerprint density at radius 1 is 1.29 bits per heavy atom. The van der Waals surface area contributed by atoms with Crippen LogP contribution in [0.25, 0.3) is 23.7 Å². The summed E-state index contributed by atoms with van der Waals surface area (Å²) >= 11 is 5.70. The number of imidazole rings is 1. The van der Waals surface area contributed by atoms with Crippen molar-refractivity contribution in [2.24, 2.45) is 0 Å². The number of halogens is 2. The van der Waals surface area contributed by atoms with Gasteiger partial charge in [-0.1, -0.05) is 17.7 Å². The van der Waals surface area contributed by atoms with Gasteiger partial charge in [-0.25, -0.2) is 4.39 Å². The number of nitrogens with one attached hydrogen (secondary N) is 4. The van der Waals surface area contributed by atoms with Gasteiger partial charge in [-0.05, 0) is 30.3 Å². The molecule has 1 aliphatic heterocycles. The lowest BCUT2D eigenvalue weighted by molar-refractivity contribution is 0.556. The van der Waals surface area contributed by atoms with Crippen LogP contribution in [0.15, 0.2) is 57.5 Å². The van der Waals surface area contributed by atoms with Crippen LogP contribution in [0.2, 0.25) is 0 Å². The minimum atomic E-state index is -0.652. The van der Waals surface area contributed by atoms with Gasteiger partial charge < -0.3 is 25.9 Å². The number of nitrogens with two attached hydrogens (primary N) is 1. The zero-order valence-corrected chi connectivity index (χ0v) is 16.6. The van der Waals surface area contributed by atoms with E-state index < -0.39 is 11.4 Å². The van der Waals surface area contributed by atoms with Gasteiger partial charge in [-0.15, -0.1) is 0 Å². The van der Waals surface area contributed by atoms with E-state index in [1.54, 1.807) is 18.2 Å². The van der Waals surface area contributed by atoms with E-state index in [0.29, 0.717) is 11.2 Å². The Labute approximate surface area is 179 Å². The highest BCUT2D eigenvalue weighted by Crippen LogP contribution is 2.24. The molecule has 0 bridgehead atoms. The minimum absolute atomic E-state index is 0.0499. The van der Waals surface area contributed by atoms with Gasteiger partial charge in [0.25, 0.3) is 5.56 Å². The van der Waals surface area contributed by atoms with E-state index in [9.17, 15) is 9.18 Å². The SMILES string of the molecule is N=C/C(=C\C(=N)Cl)C1=c2[nH]/c(=C\c3ccco3)c(=O)n2C=C(c2cccc(N)c2F)N1. The maximum absolute atomic E-state index is 14.7. The first kappa shape index (κ1) is 20.2. The molecule has 4 rings (SSSR count). The zero-order valence-electron chi connectivity index (χ0n) is 15.9. The molecule has 0 fully saturated rings. The highest BCUT2D eigenvalue weighted by atomic mass is 35.5. The molecule has 31 heavy (non-hydrogen) atoms. The van der Waals surface area contributed by atoms with Crippen LogP contribution in [0.5, 0.6) is 0 Å². The number of hydrogen-bond acceptors (Lipinski definition) is 6. The van der Waals surface area contributed by atoms with Gasteiger partial charge in [-0.3, -0.25) is 14.8 Å². The third-order valence-corrected chi connectivity index (χ3v) is 4.68. The molecule has 0 spiro atoms. The molecule has 8 nitrogen and oxygen atoms in total. The Morgan fingerprint density at radius 2 is 2.10 bits per heavy atom. The number of allylic oxidation sites excluding steroid dienone is 1. The molecule has 0 unspecified atom stereocenters. The number of nitrogens with zero attached hydrogens (tertiary/aromatic N) is 1. The lowest BCUT2D eigenvalue weighted by atomic mass is 10.1. The summed E-state index contributed by atoms with van der Waals surface area (Å²) in [5.74, 6) is -0.192. The number of furan rings is 1. The first-order valence-electron chi connectivity index (χ1n) is 8.99. The molecule has 1 aliphatic rings. The quantitative estimate of drug-likeness (QED) is 0.306. The summed E-state index contributed by atoms with van der Waals surface area (Å²) in [6.45, 7) is 0. The lowest BCUT2D eigenvalue weighted by Gasteiger charge is -2.20. The van der Waals surface area contributed by atoms with Crippen molar-refractivity contribution in [2.45, 2.75) is 0 Å². The Hall–Kier alpha value is -4.11. The van der Waals surface area contributed by atoms with Gasteiger partial charge in [0.15, 0.2) is 5.82 Å². The van der Waals surface area contributed by atoms with Crippen LogP contribution in [0.1, 0.15) is 11.3 Å². The van der Waals surface area contributed by atoms with E-state index in [-0.39, 0.29) is 38.7 Å². The molecule has 0 radical (unpaired) electrons. The number of fused-ring (bicyclic) bond motifs is 1. The van der Waals surface area contributed by atoms with Crippen LogP contribution < -0.4 is 27.4 Å². The van der Waals surface area contributed by atoms with E-state index in [2.05, 4.69) is 10.3 Å². The normalized spacial score (nSPS) is 14.1. The van der Waals surface area contributed by atoms with Gasteiger partial charge in [-0.2, -0.15) is 0 Å². The summed E-state index contributed by atoms with van der Waals surface area (Å²) in [7, 11) is 0. The first-order chi connectivity index (χ1) is 14.9. The van der Waals surface area contributed by atoms with Crippen molar-refractivity contribution in [2.75, 3.05) is 5.73 Å². The monoisotopic (exact) mass is 438 g/mol. The fourth-order valence-electron chi connectivity index (χ4n) is 3.17. The molecule has 3 heterocycles. The van der Waals surface area contributed by atoms with Crippen molar-refractivity contribution in [3.8, 4) is 0 Å². The van der Waals surface area contributed by atoms with E-state index in [1.165, 1.54) is 41.3 Å². The molecule has 0 saturated carbocycles. The summed E-state index contributed by atoms with van der Waals surface area (Å²) in [6.07, 6.45) is 6.65. The number of anilines is 1. The molecular weight excluding hydrogens is 423 g/mol. The van der Waals surface area contributed by atoms with E-state index in [1.807, 2.05) is 0 Å². The second kappa shape index (κ2) is 7.96. The maximum Gasteiger partial charge on any atom is 0.280 e. The summed E-state index contributed by atoms with van der Waals surface area (Å²) in [6, 6.07) is 7.90. The van der Waals surface area contributed by atoms with E-state index in [0.717, 1.165) is 6.21 Å². The minimum Gasteiger partial charge on any atom is -0.465 e. The average Bonchev–Trinajstić information content (AvgIpc) is 3.36. The largest absolute Gasteiger partial charge is 0.465 e. The van der Waals surface area contributed by atoms with Crippen molar-refractivity contribution < 1.29 is 8.81 Å². The molecular formula is C21H16ClFN6O2. The summed E-state index contributed by atoms with van der Waals surface area (Å²) in [4.78, 5) is 16.0. The predicted octanol–water partition coefficient (Wildman–Crippen LogP) is 1.78. The number of aromatic nitrogens is 2.